The van der Waals surface area contributed by atoms with Gasteiger partial charge >= 0.3 is 0 Å². The number of rotatable bonds is 7. The third-order valence-electron chi connectivity index (χ3n) is 4.53. The van der Waals surface area contributed by atoms with E-state index in [9.17, 15) is 8.42 Å². The first-order valence-electron chi connectivity index (χ1n) is 9.33. The molecule has 0 aliphatic carbocycles. The Hall–Kier alpha value is -2.19. The molecule has 2 heterocycles. The molecular weight excluding hydrogens is 364 g/mol. The van der Waals surface area contributed by atoms with Gasteiger partial charge in [-0.3, -0.25) is 0 Å². The molecule has 0 bridgehead atoms. The number of aromatic nitrogens is 2. The summed E-state index contributed by atoms with van der Waals surface area (Å²) in [6.45, 7) is 6.71. The number of ether oxygens (including phenoxy) is 1. The molecule has 0 amide bonds. The van der Waals surface area contributed by atoms with Gasteiger partial charge in [-0.1, -0.05) is 6.92 Å². The van der Waals surface area contributed by atoms with Crippen molar-refractivity contribution in [3.05, 3.63) is 36.4 Å². The molecule has 146 valence electrons. The van der Waals surface area contributed by atoms with Gasteiger partial charge < -0.3 is 9.64 Å². The minimum absolute atomic E-state index is 0.212. The SMILES string of the molecule is CCCS(=O)(=O)N1CCN(c2ccc(-c3ccc(OCC)cc3)nn2)CC1. The second-order valence-electron chi connectivity index (χ2n) is 6.44. The number of piperazine rings is 1. The Morgan fingerprint density at radius 3 is 2.22 bits per heavy atom. The molecule has 0 unspecified atom stereocenters. The van der Waals surface area contributed by atoms with Gasteiger partial charge in [-0.25, -0.2) is 8.42 Å². The monoisotopic (exact) mass is 390 g/mol. The Morgan fingerprint density at radius 2 is 1.67 bits per heavy atom. The summed E-state index contributed by atoms with van der Waals surface area (Å²) < 4.78 is 31.4. The van der Waals surface area contributed by atoms with E-state index in [-0.39, 0.29) is 5.75 Å². The average Bonchev–Trinajstić information content (AvgIpc) is 2.69. The van der Waals surface area contributed by atoms with E-state index in [1.54, 1.807) is 4.31 Å². The van der Waals surface area contributed by atoms with Crippen LogP contribution in [0.4, 0.5) is 5.82 Å². The van der Waals surface area contributed by atoms with E-state index in [0.717, 1.165) is 22.8 Å². The second-order valence-corrected chi connectivity index (χ2v) is 8.52. The maximum Gasteiger partial charge on any atom is 0.214 e. The number of sulfonamides is 1. The molecule has 27 heavy (non-hydrogen) atoms. The highest BCUT2D eigenvalue weighted by atomic mass is 32.2. The molecule has 0 spiro atoms. The summed E-state index contributed by atoms with van der Waals surface area (Å²) in [5.41, 5.74) is 1.78. The zero-order valence-corrected chi connectivity index (χ0v) is 16.7. The molecule has 0 saturated carbocycles. The van der Waals surface area contributed by atoms with E-state index in [0.29, 0.717) is 39.2 Å². The van der Waals surface area contributed by atoms with Gasteiger partial charge in [0.25, 0.3) is 0 Å². The van der Waals surface area contributed by atoms with Crippen molar-refractivity contribution in [3.63, 3.8) is 0 Å². The van der Waals surface area contributed by atoms with E-state index in [1.165, 1.54) is 0 Å². The van der Waals surface area contributed by atoms with Crippen molar-refractivity contribution in [2.24, 2.45) is 0 Å². The average molecular weight is 391 g/mol. The minimum Gasteiger partial charge on any atom is -0.494 e. The van der Waals surface area contributed by atoms with Crippen LogP contribution in [0.3, 0.4) is 0 Å². The highest BCUT2D eigenvalue weighted by Crippen LogP contribution is 2.22. The second kappa shape index (κ2) is 8.67. The van der Waals surface area contributed by atoms with Gasteiger partial charge in [0, 0.05) is 31.7 Å². The predicted molar refractivity (Wildman–Crippen MR) is 107 cm³/mol. The van der Waals surface area contributed by atoms with Crippen molar-refractivity contribution in [3.8, 4) is 17.0 Å². The summed E-state index contributed by atoms with van der Waals surface area (Å²) in [6.07, 6.45) is 0.640. The lowest BCUT2D eigenvalue weighted by atomic mass is 10.1. The minimum atomic E-state index is -3.13. The molecule has 2 aromatic rings. The number of nitrogens with zero attached hydrogens (tertiary/aromatic N) is 4. The van der Waals surface area contributed by atoms with Crippen molar-refractivity contribution in [1.29, 1.82) is 0 Å². The molecular formula is C19H26N4O3S. The van der Waals surface area contributed by atoms with Crippen LogP contribution in [0.2, 0.25) is 0 Å². The van der Waals surface area contributed by atoms with Crippen LogP contribution < -0.4 is 9.64 Å². The van der Waals surface area contributed by atoms with Crippen LogP contribution in [-0.4, -0.2) is 61.5 Å². The van der Waals surface area contributed by atoms with Crippen LogP contribution in [0.5, 0.6) is 5.75 Å². The van der Waals surface area contributed by atoms with Gasteiger partial charge in [0.15, 0.2) is 5.82 Å². The van der Waals surface area contributed by atoms with E-state index >= 15 is 0 Å². The first kappa shape index (κ1) is 19.6. The van der Waals surface area contributed by atoms with Crippen molar-refractivity contribution in [1.82, 2.24) is 14.5 Å². The lowest BCUT2D eigenvalue weighted by Crippen LogP contribution is -2.49. The maximum atomic E-state index is 12.2. The molecule has 7 nitrogen and oxygen atoms in total. The standard InChI is InChI=1S/C19H26N4O3S/c1-3-15-27(24,25)23-13-11-22(12-14-23)19-10-9-18(20-21-19)16-5-7-17(8-6-16)26-4-2/h5-10H,3-4,11-15H2,1-2H3. The number of benzene rings is 1. The van der Waals surface area contributed by atoms with Crippen LogP contribution in [-0.2, 0) is 10.0 Å². The fourth-order valence-corrected chi connectivity index (χ4v) is 4.61. The van der Waals surface area contributed by atoms with Gasteiger partial charge in [-0.05, 0) is 49.7 Å². The highest BCUT2D eigenvalue weighted by molar-refractivity contribution is 7.89. The van der Waals surface area contributed by atoms with Crippen molar-refractivity contribution >= 4 is 15.8 Å². The van der Waals surface area contributed by atoms with E-state index in [2.05, 4.69) is 15.1 Å². The normalized spacial score (nSPS) is 15.7. The molecule has 0 atom stereocenters. The van der Waals surface area contributed by atoms with Gasteiger partial charge in [0.1, 0.15) is 5.75 Å². The van der Waals surface area contributed by atoms with Crippen LogP contribution >= 0.6 is 0 Å². The Morgan fingerprint density at radius 1 is 0.963 bits per heavy atom. The molecule has 0 radical (unpaired) electrons. The first-order valence-corrected chi connectivity index (χ1v) is 10.9. The Balaban J connectivity index is 1.63. The third kappa shape index (κ3) is 4.75. The summed E-state index contributed by atoms with van der Waals surface area (Å²) in [5, 5.41) is 8.67. The molecule has 1 aliphatic rings. The lowest BCUT2D eigenvalue weighted by molar-refractivity contribution is 0.340. The number of hydrogen-bond donors (Lipinski definition) is 0. The summed E-state index contributed by atoms with van der Waals surface area (Å²) in [5.74, 6) is 1.82. The molecule has 1 aromatic heterocycles. The Bertz CT molecular complexity index is 830. The maximum absolute atomic E-state index is 12.2. The fourth-order valence-electron chi connectivity index (χ4n) is 3.12. The van der Waals surface area contributed by atoms with E-state index in [4.69, 9.17) is 4.74 Å². The zero-order valence-electron chi connectivity index (χ0n) is 15.8. The molecule has 0 N–H and O–H groups in total. The molecule has 1 fully saturated rings. The third-order valence-corrected chi connectivity index (χ3v) is 6.61. The summed E-state index contributed by atoms with van der Waals surface area (Å²) >= 11 is 0. The molecule has 1 saturated heterocycles. The zero-order chi connectivity index (χ0) is 19.3. The van der Waals surface area contributed by atoms with Crippen molar-refractivity contribution < 1.29 is 13.2 Å². The van der Waals surface area contributed by atoms with Gasteiger partial charge in [-0.15, -0.1) is 10.2 Å². The predicted octanol–water partition coefficient (Wildman–Crippen LogP) is 2.40. The van der Waals surface area contributed by atoms with Crippen LogP contribution in [0.15, 0.2) is 36.4 Å². The van der Waals surface area contributed by atoms with Crippen molar-refractivity contribution in [2.45, 2.75) is 20.3 Å². The topological polar surface area (TPSA) is 75.6 Å². The summed E-state index contributed by atoms with van der Waals surface area (Å²) in [7, 11) is -3.13. The molecule has 1 aliphatic heterocycles. The molecule has 8 heteroatoms. The lowest BCUT2D eigenvalue weighted by Gasteiger charge is -2.34. The summed E-state index contributed by atoms with van der Waals surface area (Å²) in [4.78, 5) is 2.08. The summed E-state index contributed by atoms with van der Waals surface area (Å²) in [6, 6.07) is 11.7. The van der Waals surface area contributed by atoms with Gasteiger partial charge in [0.2, 0.25) is 10.0 Å². The van der Waals surface area contributed by atoms with Crippen molar-refractivity contribution in [2.75, 3.05) is 43.4 Å². The quantitative estimate of drug-likeness (QED) is 0.723. The Kier molecular flexibility index (Phi) is 6.28. The molecule has 3 rings (SSSR count). The van der Waals surface area contributed by atoms with Crippen LogP contribution in [0.25, 0.3) is 11.3 Å². The van der Waals surface area contributed by atoms with E-state index in [1.807, 2.05) is 50.2 Å². The Labute approximate surface area is 161 Å². The first-order chi connectivity index (χ1) is 13.0. The highest BCUT2D eigenvalue weighted by Gasteiger charge is 2.26. The largest absolute Gasteiger partial charge is 0.494 e. The number of anilines is 1. The van der Waals surface area contributed by atoms with Crippen LogP contribution in [0, 0.1) is 0 Å². The molecule has 1 aromatic carbocycles. The van der Waals surface area contributed by atoms with Gasteiger partial charge in [-0.2, -0.15) is 4.31 Å². The fraction of sp³-hybridized carbons (Fsp3) is 0.474. The van der Waals surface area contributed by atoms with Gasteiger partial charge in [0.05, 0.1) is 18.1 Å². The van der Waals surface area contributed by atoms with Crippen LogP contribution in [0.1, 0.15) is 20.3 Å². The smallest absolute Gasteiger partial charge is 0.214 e. The number of hydrogen-bond acceptors (Lipinski definition) is 6. The van der Waals surface area contributed by atoms with E-state index < -0.39 is 10.0 Å².